The van der Waals surface area contributed by atoms with Gasteiger partial charge in [-0.1, -0.05) is 36.4 Å². The summed E-state index contributed by atoms with van der Waals surface area (Å²) in [7, 11) is 0. The van der Waals surface area contributed by atoms with Gasteiger partial charge in [0, 0.05) is 31.9 Å². The summed E-state index contributed by atoms with van der Waals surface area (Å²) in [5, 5.41) is 4.88. The second-order valence-corrected chi connectivity index (χ2v) is 18.8. The summed E-state index contributed by atoms with van der Waals surface area (Å²) in [6, 6.07) is 79.7. The van der Waals surface area contributed by atoms with Crippen LogP contribution in [0.2, 0.25) is 0 Å². The number of benzene rings is 9. The monoisotopic (exact) mass is 1060 g/mol. The summed E-state index contributed by atoms with van der Waals surface area (Å²) in [5.41, 5.74) is 13.3. The van der Waals surface area contributed by atoms with Gasteiger partial charge in [0.2, 0.25) is 0 Å². The van der Waals surface area contributed by atoms with Gasteiger partial charge in [0.05, 0.1) is 0 Å². The van der Waals surface area contributed by atoms with Crippen LogP contribution < -0.4 is 4.74 Å². The number of thiophene rings is 1. The van der Waals surface area contributed by atoms with Crippen molar-refractivity contribution in [3.63, 3.8) is 0 Å². The van der Waals surface area contributed by atoms with E-state index in [0.29, 0.717) is 0 Å². The van der Waals surface area contributed by atoms with E-state index in [-0.39, 0.29) is 0 Å². The van der Waals surface area contributed by atoms with Crippen LogP contribution >= 0.6 is 11.3 Å². The van der Waals surface area contributed by atoms with Gasteiger partial charge in [-0.2, -0.15) is 0 Å². The number of hydrogen-bond donors (Lipinski definition) is 0. The molecule has 0 aliphatic heterocycles. The fraction of sp³-hybridized carbons (Fsp3) is 0. The van der Waals surface area contributed by atoms with E-state index in [0.717, 1.165) is 93.3 Å². The molecule has 13 aromatic rings. The van der Waals surface area contributed by atoms with Crippen LogP contribution in [0.15, 0.2) is 231 Å². The van der Waals surface area contributed by atoms with Crippen molar-refractivity contribution in [2.24, 2.45) is 0 Å². The molecule has 0 N–H and O–H groups in total. The van der Waals surface area contributed by atoms with E-state index in [1.807, 2.05) is 23.6 Å². The van der Waals surface area contributed by atoms with Gasteiger partial charge in [0.15, 0.2) is 0 Å². The van der Waals surface area contributed by atoms with Crippen LogP contribution in [-0.4, -0.2) is 18.7 Å². The molecule has 0 aliphatic rings. The Balaban J connectivity index is 0.889. The van der Waals surface area contributed by atoms with E-state index < -0.39 is 0 Å². The molecule has 13 rings (SSSR count). The van der Waals surface area contributed by atoms with Crippen LogP contribution in [0.1, 0.15) is 0 Å². The summed E-state index contributed by atoms with van der Waals surface area (Å²) in [6.45, 7) is 0. The molecule has 0 spiro atoms. The van der Waals surface area contributed by atoms with E-state index in [9.17, 15) is 0 Å². The van der Waals surface area contributed by atoms with Gasteiger partial charge in [0.1, 0.15) is 0 Å². The second kappa shape index (κ2) is 16.2. The van der Waals surface area contributed by atoms with Crippen molar-refractivity contribution in [2.75, 3.05) is 0 Å². The molecule has 0 fully saturated rings. The molecule has 4 aromatic heterocycles. The van der Waals surface area contributed by atoms with Gasteiger partial charge in [0.25, 0.3) is 0 Å². The predicted molar refractivity (Wildman–Crippen MR) is 274 cm³/mol. The molecule has 9 aromatic carbocycles. The molecule has 0 aliphatic carbocycles. The molecule has 67 heavy (non-hydrogen) atoms. The standard InChI is InChI=1S/C60H38N4OS.Pt/c1-3-15-40(16-4-1)47-23-14-24-48(41-17-5-2-6-18-41)60(47)63-39-62(54-26-10-11-27-55(54)63)44-19-13-20-45(36-44)65-46-31-32-50-49-21-7-9-25-53(49)64(56(50)37-46)59-34-30-43(38-61-59)42-29-33-58-52(35-42)51-22-8-12-28-57(51)66-58;/h1-38H;. The molecule has 0 atom stereocenters. The maximum atomic E-state index is 6.81. The first-order valence-corrected chi connectivity index (χ1v) is 24.2. The van der Waals surface area contributed by atoms with Crippen LogP contribution in [0.25, 0.3) is 104 Å². The molecule has 5 nitrogen and oxygen atoms in total. The van der Waals surface area contributed by atoms with Crippen molar-refractivity contribution in [3.05, 3.63) is 234 Å². The van der Waals surface area contributed by atoms with Crippen molar-refractivity contribution in [2.45, 2.75) is 0 Å². The molecule has 320 valence electrons. The van der Waals surface area contributed by atoms with Gasteiger partial charge in [-0.25, -0.2) is 0 Å². The Hall–Kier alpha value is -7.89. The minimum atomic E-state index is 0.743. The molecule has 0 saturated carbocycles. The van der Waals surface area contributed by atoms with Crippen LogP contribution in [0.5, 0.6) is 11.5 Å². The summed E-state index contributed by atoms with van der Waals surface area (Å²) in [5.74, 6) is 2.34. The molecule has 4 heterocycles. The van der Waals surface area contributed by atoms with Crippen LogP contribution in [0.4, 0.5) is 0 Å². The SMILES string of the molecule is [Pt]=[c]1n(-c2cccc(Oc3ccc4c5ccccc5n(-c5ccc(-c6ccc7sc8ccccc8c7c6)cn5)c4c3)c2)c2ccccc2n1-c1c(-c2ccccc2)cccc1-c1ccccc1. The van der Waals surface area contributed by atoms with Crippen LogP contribution in [0.3, 0.4) is 0 Å². The zero-order valence-electron chi connectivity index (χ0n) is 35.9. The summed E-state index contributed by atoms with van der Waals surface area (Å²) >= 11 is 4.34. The third kappa shape index (κ3) is 6.71. The Morgan fingerprint density at radius 2 is 1.00 bits per heavy atom. The van der Waals surface area contributed by atoms with E-state index in [2.05, 4.69) is 251 Å². The molecular weight excluding hydrogens is 1020 g/mol. The predicted octanol–water partition coefficient (Wildman–Crippen LogP) is 16.2. The number of pyridine rings is 1. The zero-order chi connectivity index (χ0) is 44.4. The van der Waals surface area contributed by atoms with Crippen LogP contribution in [0, 0.1) is 3.80 Å². The van der Waals surface area contributed by atoms with Gasteiger partial charge in [-0.15, -0.1) is 11.3 Å². The number of imidazole rings is 1. The number of para-hydroxylation sites is 4. The number of nitrogens with zero attached hydrogens (tertiary/aromatic N) is 4. The number of aromatic nitrogens is 4. The molecule has 7 heteroatoms. The first-order valence-electron chi connectivity index (χ1n) is 22.3. The van der Waals surface area contributed by atoms with Gasteiger partial charge < -0.3 is 0 Å². The quantitative estimate of drug-likeness (QED) is 0.152. The summed E-state index contributed by atoms with van der Waals surface area (Å²) < 4.78 is 17.4. The third-order valence-corrected chi connectivity index (χ3v) is 14.9. The minimum absolute atomic E-state index is 0.743. The molecule has 0 bridgehead atoms. The number of fused-ring (bicyclic) bond motifs is 7. The summed E-state index contributed by atoms with van der Waals surface area (Å²) in [6.07, 6.45) is 2.00. The van der Waals surface area contributed by atoms with Crippen molar-refractivity contribution >= 4 is 64.3 Å². The number of ether oxygens (including phenoxy) is 1. The normalized spacial score (nSPS) is 11.7. The zero-order valence-corrected chi connectivity index (χ0v) is 38.9. The second-order valence-electron chi connectivity index (χ2n) is 16.7. The molecule has 0 saturated heterocycles. The van der Waals surface area contributed by atoms with E-state index >= 15 is 0 Å². The average Bonchev–Trinajstić information content (AvgIpc) is 4.03. The first-order chi connectivity index (χ1) is 33.1. The Morgan fingerprint density at radius 1 is 0.388 bits per heavy atom. The Kier molecular flexibility index (Phi) is 9.55. The van der Waals surface area contributed by atoms with Crippen molar-refractivity contribution < 1.29 is 24.1 Å². The van der Waals surface area contributed by atoms with Gasteiger partial charge >= 0.3 is 294 Å². The Labute approximate surface area is 401 Å². The number of hydrogen-bond acceptors (Lipinski definition) is 3. The first kappa shape index (κ1) is 39.5. The van der Waals surface area contributed by atoms with E-state index in [4.69, 9.17) is 9.72 Å². The van der Waals surface area contributed by atoms with E-state index in [1.165, 1.54) is 25.6 Å². The topological polar surface area (TPSA) is 36.9 Å². The van der Waals surface area contributed by atoms with Crippen LogP contribution in [-0.2, 0) is 19.4 Å². The number of rotatable bonds is 8. The summed E-state index contributed by atoms with van der Waals surface area (Å²) in [4.78, 5) is 5.11. The molecule has 0 unspecified atom stereocenters. The van der Waals surface area contributed by atoms with Crippen molar-refractivity contribution in [1.82, 2.24) is 18.7 Å². The Bertz CT molecular complexity index is 4030. The van der Waals surface area contributed by atoms with Gasteiger partial charge in [-0.3, -0.25) is 0 Å². The van der Waals surface area contributed by atoms with E-state index in [1.54, 1.807) is 0 Å². The van der Waals surface area contributed by atoms with Crippen molar-refractivity contribution in [1.29, 1.82) is 0 Å². The average molecular weight is 1060 g/mol. The van der Waals surface area contributed by atoms with Crippen molar-refractivity contribution in [3.8, 4) is 62.1 Å². The molecule has 0 amide bonds. The Morgan fingerprint density at radius 3 is 1.75 bits per heavy atom. The molecule has 0 radical (unpaired) electrons. The maximum absolute atomic E-state index is 6.81. The third-order valence-electron chi connectivity index (χ3n) is 12.8. The van der Waals surface area contributed by atoms with Gasteiger partial charge in [-0.05, 0) is 29.8 Å². The fourth-order valence-electron chi connectivity index (χ4n) is 9.73. The molecular formula is C60H38N4OPtS. The fourth-order valence-corrected chi connectivity index (χ4v) is 11.9.